The minimum atomic E-state index is -0.577. The molecule has 0 saturated heterocycles. The fourth-order valence-electron chi connectivity index (χ4n) is 2.35. The molecule has 0 bridgehead atoms. The molecule has 0 atom stereocenters. The number of halogens is 1. The maximum atomic E-state index is 13.2. The van der Waals surface area contributed by atoms with Crippen LogP contribution in [0.5, 0.6) is 0 Å². The summed E-state index contributed by atoms with van der Waals surface area (Å²) in [5.41, 5.74) is 5.15. The Morgan fingerprint density at radius 2 is 1.73 bits per heavy atom. The van der Waals surface area contributed by atoms with Crippen molar-refractivity contribution in [2.24, 2.45) is 5.10 Å². The summed E-state index contributed by atoms with van der Waals surface area (Å²) in [6.07, 6.45) is 0. The Labute approximate surface area is 150 Å². The summed E-state index contributed by atoms with van der Waals surface area (Å²) in [4.78, 5) is 11.6. The number of hydrazone groups is 1. The highest BCUT2D eigenvalue weighted by Crippen LogP contribution is 2.16. The van der Waals surface area contributed by atoms with E-state index in [0.717, 1.165) is 5.56 Å². The summed E-state index contributed by atoms with van der Waals surface area (Å²) in [5, 5.41) is 4.39. The number of nitrogens with zero attached hydrogens (tertiary/aromatic N) is 1. The fraction of sp³-hybridized carbons (Fsp3) is 0.100. The molecule has 1 N–H and O–H groups in total. The van der Waals surface area contributed by atoms with Crippen LogP contribution >= 0.6 is 0 Å². The fourth-order valence-corrected chi connectivity index (χ4v) is 2.35. The van der Waals surface area contributed by atoms with Gasteiger partial charge in [0.25, 0.3) is 0 Å². The first-order valence-corrected chi connectivity index (χ1v) is 7.96. The predicted octanol–water partition coefficient (Wildman–Crippen LogP) is 3.75. The standard InChI is InChI=1S/C20H17FN2O3/c1-25-20(24)18-12-11-17(26-18)19(15-7-9-16(21)10-8-15)23-22-13-14-5-3-2-4-6-14/h2-12,22H,13H2,1H3/b23-19+. The highest BCUT2D eigenvalue weighted by atomic mass is 19.1. The first-order chi connectivity index (χ1) is 12.7. The minimum Gasteiger partial charge on any atom is -0.463 e. The van der Waals surface area contributed by atoms with Crippen molar-refractivity contribution in [3.05, 3.63) is 95.2 Å². The number of methoxy groups -OCH3 is 1. The molecule has 0 aliphatic rings. The topological polar surface area (TPSA) is 63.8 Å². The number of benzene rings is 2. The van der Waals surface area contributed by atoms with Crippen molar-refractivity contribution in [1.82, 2.24) is 5.43 Å². The Balaban J connectivity index is 1.88. The van der Waals surface area contributed by atoms with Gasteiger partial charge >= 0.3 is 5.97 Å². The van der Waals surface area contributed by atoms with Crippen molar-refractivity contribution in [2.45, 2.75) is 6.54 Å². The average molecular weight is 352 g/mol. The minimum absolute atomic E-state index is 0.0698. The Hall–Kier alpha value is -3.41. The van der Waals surface area contributed by atoms with E-state index < -0.39 is 5.97 Å². The van der Waals surface area contributed by atoms with E-state index in [1.165, 1.54) is 25.3 Å². The van der Waals surface area contributed by atoms with E-state index in [1.54, 1.807) is 18.2 Å². The summed E-state index contributed by atoms with van der Waals surface area (Å²) in [7, 11) is 1.28. The van der Waals surface area contributed by atoms with Gasteiger partial charge in [-0.2, -0.15) is 5.10 Å². The zero-order chi connectivity index (χ0) is 18.4. The summed E-state index contributed by atoms with van der Waals surface area (Å²) in [6, 6.07) is 18.8. The molecule has 0 aliphatic carbocycles. The van der Waals surface area contributed by atoms with Gasteiger partial charge in [0, 0.05) is 5.56 Å². The van der Waals surface area contributed by atoms with Crippen molar-refractivity contribution >= 4 is 11.7 Å². The van der Waals surface area contributed by atoms with Crippen LogP contribution in [0, 0.1) is 5.82 Å². The Bertz CT molecular complexity index is 902. The lowest BCUT2D eigenvalue weighted by atomic mass is 10.1. The average Bonchev–Trinajstić information content (AvgIpc) is 3.16. The van der Waals surface area contributed by atoms with Crippen LogP contribution in [0.4, 0.5) is 4.39 Å². The van der Waals surface area contributed by atoms with E-state index in [4.69, 9.17) is 4.42 Å². The van der Waals surface area contributed by atoms with E-state index >= 15 is 0 Å². The molecule has 26 heavy (non-hydrogen) atoms. The molecule has 0 spiro atoms. The first-order valence-electron chi connectivity index (χ1n) is 7.96. The molecule has 1 aromatic heterocycles. The van der Waals surface area contributed by atoms with E-state index in [0.29, 0.717) is 23.6 Å². The van der Waals surface area contributed by atoms with Crippen LogP contribution in [0.3, 0.4) is 0 Å². The van der Waals surface area contributed by atoms with Gasteiger partial charge in [-0.25, -0.2) is 9.18 Å². The van der Waals surface area contributed by atoms with Gasteiger partial charge in [0.05, 0.1) is 13.7 Å². The Morgan fingerprint density at radius 1 is 1.04 bits per heavy atom. The third-order valence-electron chi connectivity index (χ3n) is 3.66. The van der Waals surface area contributed by atoms with E-state index in [2.05, 4.69) is 15.3 Å². The molecule has 0 amide bonds. The maximum Gasteiger partial charge on any atom is 0.373 e. The number of ether oxygens (including phenoxy) is 1. The second kappa shape index (κ2) is 8.11. The van der Waals surface area contributed by atoms with Gasteiger partial charge in [-0.3, -0.25) is 0 Å². The lowest BCUT2D eigenvalue weighted by Gasteiger charge is -2.06. The van der Waals surface area contributed by atoms with Gasteiger partial charge in [0.2, 0.25) is 5.76 Å². The second-order valence-corrected chi connectivity index (χ2v) is 5.44. The summed E-state index contributed by atoms with van der Waals surface area (Å²) >= 11 is 0. The molecule has 0 unspecified atom stereocenters. The number of carbonyl (C=O) groups excluding carboxylic acids is 1. The second-order valence-electron chi connectivity index (χ2n) is 5.44. The van der Waals surface area contributed by atoms with Gasteiger partial charge in [0.1, 0.15) is 11.5 Å². The normalized spacial score (nSPS) is 11.2. The molecule has 6 heteroatoms. The smallest absolute Gasteiger partial charge is 0.373 e. The van der Waals surface area contributed by atoms with Crippen LogP contribution in [0.1, 0.15) is 27.4 Å². The lowest BCUT2D eigenvalue weighted by Crippen LogP contribution is -2.12. The predicted molar refractivity (Wildman–Crippen MR) is 95.4 cm³/mol. The third-order valence-corrected chi connectivity index (χ3v) is 3.66. The van der Waals surface area contributed by atoms with Crippen molar-refractivity contribution in [2.75, 3.05) is 7.11 Å². The van der Waals surface area contributed by atoms with Crippen LogP contribution in [0.25, 0.3) is 0 Å². The maximum absolute atomic E-state index is 13.2. The van der Waals surface area contributed by atoms with Crippen LogP contribution in [-0.2, 0) is 11.3 Å². The van der Waals surface area contributed by atoms with Gasteiger partial charge in [-0.1, -0.05) is 30.3 Å². The molecule has 0 aliphatic heterocycles. The van der Waals surface area contributed by atoms with Gasteiger partial charge in [0.15, 0.2) is 5.76 Å². The SMILES string of the molecule is COC(=O)c1ccc(/C(=N/NCc2ccccc2)c2ccc(F)cc2)o1. The monoisotopic (exact) mass is 352 g/mol. The summed E-state index contributed by atoms with van der Waals surface area (Å²) < 4.78 is 23.4. The number of hydrogen-bond acceptors (Lipinski definition) is 5. The van der Waals surface area contributed by atoms with Gasteiger partial charge in [-0.15, -0.1) is 0 Å². The third kappa shape index (κ3) is 4.16. The van der Waals surface area contributed by atoms with Crippen LogP contribution in [0.2, 0.25) is 0 Å². The van der Waals surface area contributed by atoms with Crippen molar-refractivity contribution in [3.63, 3.8) is 0 Å². The Kier molecular flexibility index (Phi) is 5.43. The Morgan fingerprint density at radius 3 is 2.42 bits per heavy atom. The first kappa shape index (κ1) is 17.4. The molecular weight excluding hydrogens is 335 g/mol. The largest absolute Gasteiger partial charge is 0.463 e. The summed E-state index contributed by atoms with van der Waals surface area (Å²) in [6.45, 7) is 0.510. The number of rotatable bonds is 6. The molecule has 2 aromatic carbocycles. The molecule has 5 nitrogen and oxygen atoms in total. The highest BCUT2D eigenvalue weighted by molar-refractivity contribution is 6.11. The number of nitrogens with one attached hydrogen (secondary N) is 1. The van der Waals surface area contributed by atoms with Crippen molar-refractivity contribution < 1.29 is 18.3 Å². The zero-order valence-electron chi connectivity index (χ0n) is 14.1. The quantitative estimate of drug-likeness (QED) is 0.417. The van der Waals surface area contributed by atoms with Gasteiger partial charge in [-0.05, 0) is 42.0 Å². The van der Waals surface area contributed by atoms with Crippen LogP contribution in [-0.4, -0.2) is 18.8 Å². The van der Waals surface area contributed by atoms with E-state index in [1.807, 2.05) is 30.3 Å². The molecule has 3 rings (SSSR count). The molecule has 3 aromatic rings. The number of esters is 1. The van der Waals surface area contributed by atoms with Crippen LogP contribution < -0.4 is 5.43 Å². The number of hydrogen-bond donors (Lipinski definition) is 1. The summed E-state index contributed by atoms with van der Waals surface area (Å²) in [5.74, 6) is -0.482. The zero-order valence-corrected chi connectivity index (χ0v) is 14.1. The molecular formula is C20H17FN2O3. The molecule has 0 saturated carbocycles. The number of furan rings is 1. The van der Waals surface area contributed by atoms with Gasteiger partial charge < -0.3 is 14.6 Å². The number of carbonyl (C=O) groups is 1. The lowest BCUT2D eigenvalue weighted by molar-refractivity contribution is 0.0564. The van der Waals surface area contributed by atoms with Crippen LogP contribution in [0.15, 0.2) is 76.2 Å². The van der Waals surface area contributed by atoms with Crippen molar-refractivity contribution in [1.29, 1.82) is 0 Å². The van der Waals surface area contributed by atoms with Crippen molar-refractivity contribution in [3.8, 4) is 0 Å². The molecule has 1 heterocycles. The molecule has 0 radical (unpaired) electrons. The van der Waals surface area contributed by atoms with E-state index in [9.17, 15) is 9.18 Å². The molecule has 0 fully saturated rings. The molecule has 132 valence electrons. The highest BCUT2D eigenvalue weighted by Gasteiger charge is 2.16. The van der Waals surface area contributed by atoms with E-state index in [-0.39, 0.29) is 11.6 Å².